The molecule has 0 heterocycles. The molecule has 2 aromatic rings. The molecule has 1 N–H and O–H groups in total. The van der Waals surface area contributed by atoms with Crippen molar-refractivity contribution >= 4 is 28.3 Å². The normalized spacial score (nSPS) is 33.8. The van der Waals surface area contributed by atoms with E-state index in [1.165, 1.54) is 38.5 Å². The SMILES string of the molecule is O=C(NC12CC3CC(CC(C3)C1)C2)c1cccc2c(Cl)cccc12. The number of rotatable bonds is 2. The van der Waals surface area contributed by atoms with Crippen molar-refractivity contribution in [2.75, 3.05) is 0 Å². The van der Waals surface area contributed by atoms with Crippen LogP contribution in [0.5, 0.6) is 0 Å². The van der Waals surface area contributed by atoms with Crippen LogP contribution in [0.1, 0.15) is 48.9 Å². The maximum atomic E-state index is 13.1. The number of carbonyl (C=O) groups is 1. The Hall–Kier alpha value is -1.54. The molecule has 4 fully saturated rings. The molecule has 6 rings (SSSR count). The minimum atomic E-state index is 0.0482. The lowest BCUT2D eigenvalue weighted by molar-refractivity contribution is -0.0166. The summed E-state index contributed by atoms with van der Waals surface area (Å²) in [6, 6.07) is 11.6. The van der Waals surface area contributed by atoms with E-state index in [-0.39, 0.29) is 11.4 Å². The molecule has 0 saturated heterocycles. The van der Waals surface area contributed by atoms with Crippen LogP contribution in [0.15, 0.2) is 36.4 Å². The highest BCUT2D eigenvalue weighted by molar-refractivity contribution is 6.36. The molecular formula is C21H22ClNO. The van der Waals surface area contributed by atoms with Crippen LogP contribution < -0.4 is 5.32 Å². The third-order valence-electron chi connectivity index (χ3n) is 6.53. The molecule has 4 saturated carbocycles. The van der Waals surface area contributed by atoms with E-state index in [4.69, 9.17) is 11.6 Å². The highest BCUT2D eigenvalue weighted by Gasteiger charge is 2.51. The fourth-order valence-electron chi connectivity index (χ4n) is 6.04. The molecule has 4 aliphatic rings. The van der Waals surface area contributed by atoms with Crippen molar-refractivity contribution in [3.8, 4) is 0 Å². The summed E-state index contributed by atoms with van der Waals surface area (Å²) in [6.45, 7) is 0. The predicted molar refractivity (Wildman–Crippen MR) is 97.3 cm³/mol. The van der Waals surface area contributed by atoms with E-state index in [0.29, 0.717) is 5.02 Å². The zero-order chi connectivity index (χ0) is 16.3. The molecule has 4 bridgehead atoms. The van der Waals surface area contributed by atoms with E-state index in [9.17, 15) is 4.79 Å². The molecule has 4 aliphatic carbocycles. The minimum absolute atomic E-state index is 0.0482. The van der Waals surface area contributed by atoms with Gasteiger partial charge in [-0.3, -0.25) is 4.79 Å². The lowest BCUT2D eigenvalue weighted by Gasteiger charge is -2.56. The first-order chi connectivity index (χ1) is 11.6. The van der Waals surface area contributed by atoms with E-state index in [1.807, 2.05) is 36.4 Å². The second-order valence-electron chi connectivity index (χ2n) is 8.29. The van der Waals surface area contributed by atoms with Gasteiger partial charge < -0.3 is 5.32 Å². The average molecular weight is 340 g/mol. The largest absolute Gasteiger partial charge is 0.347 e. The first-order valence-corrected chi connectivity index (χ1v) is 9.49. The monoisotopic (exact) mass is 339 g/mol. The summed E-state index contributed by atoms with van der Waals surface area (Å²) >= 11 is 6.30. The van der Waals surface area contributed by atoms with Gasteiger partial charge in [0, 0.05) is 21.5 Å². The Morgan fingerprint density at radius 3 is 2.17 bits per heavy atom. The van der Waals surface area contributed by atoms with E-state index < -0.39 is 0 Å². The summed E-state index contributed by atoms with van der Waals surface area (Å²) in [4.78, 5) is 13.1. The second-order valence-corrected chi connectivity index (χ2v) is 8.70. The third kappa shape index (κ3) is 2.27. The summed E-state index contributed by atoms with van der Waals surface area (Å²) in [6.07, 6.45) is 7.69. The summed E-state index contributed by atoms with van der Waals surface area (Å²) in [5, 5.41) is 6.08. The number of carbonyl (C=O) groups excluding carboxylic acids is 1. The number of fused-ring (bicyclic) bond motifs is 1. The maximum Gasteiger partial charge on any atom is 0.252 e. The van der Waals surface area contributed by atoms with Gasteiger partial charge in [-0.2, -0.15) is 0 Å². The highest BCUT2D eigenvalue weighted by atomic mass is 35.5. The van der Waals surface area contributed by atoms with Gasteiger partial charge in [-0.25, -0.2) is 0 Å². The Morgan fingerprint density at radius 1 is 0.917 bits per heavy atom. The van der Waals surface area contributed by atoms with Crippen LogP contribution >= 0.6 is 11.6 Å². The van der Waals surface area contributed by atoms with Crippen molar-refractivity contribution in [3.05, 3.63) is 47.0 Å². The number of nitrogens with one attached hydrogen (secondary N) is 1. The quantitative estimate of drug-likeness (QED) is 0.801. The molecule has 124 valence electrons. The summed E-state index contributed by atoms with van der Waals surface area (Å²) < 4.78 is 0. The first-order valence-electron chi connectivity index (χ1n) is 9.12. The summed E-state index contributed by atoms with van der Waals surface area (Å²) in [5.74, 6) is 2.57. The lowest BCUT2D eigenvalue weighted by Crippen LogP contribution is -2.59. The smallest absolute Gasteiger partial charge is 0.252 e. The van der Waals surface area contributed by atoms with Gasteiger partial charge in [0.15, 0.2) is 0 Å². The third-order valence-corrected chi connectivity index (χ3v) is 6.86. The molecule has 0 atom stereocenters. The van der Waals surface area contributed by atoms with E-state index >= 15 is 0 Å². The van der Waals surface area contributed by atoms with E-state index in [2.05, 4.69) is 5.32 Å². The minimum Gasteiger partial charge on any atom is -0.347 e. The predicted octanol–water partition coefficient (Wildman–Crippen LogP) is 5.19. The fourth-order valence-corrected chi connectivity index (χ4v) is 6.28. The molecule has 24 heavy (non-hydrogen) atoms. The fraction of sp³-hybridized carbons (Fsp3) is 0.476. The van der Waals surface area contributed by atoms with Gasteiger partial charge in [0.25, 0.3) is 5.91 Å². The highest BCUT2D eigenvalue weighted by Crippen LogP contribution is 2.55. The van der Waals surface area contributed by atoms with Crippen molar-refractivity contribution in [1.82, 2.24) is 5.32 Å². The number of halogens is 1. The Morgan fingerprint density at radius 2 is 1.50 bits per heavy atom. The van der Waals surface area contributed by atoms with Gasteiger partial charge in [0.05, 0.1) is 0 Å². The van der Waals surface area contributed by atoms with E-state index in [1.54, 1.807) is 0 Å². The summed E-state index contributed by atoms with van der Waals surface area (Å²) in [5.41, 5.74) is 0.804. The number of hydrogen-bond acceptors (Lipinski definition) is 1. The van der Waals surface area contributed by atoms with Crippen molar-refractivity contribution < 1.29 is 4.79 Å². The van der Waals surface area contributed by atoms with Gasteiger partial charge in [-0.05, 0) is 73.8 Å². The van der Waals surface area contributed by atoms with Gasteiger partial charge in [0.2, 0.25) is 0 Å². The van der Waals surface area contributed by atoms with Crippen LogP contribution in [0.4, 0.5) is 0 Å². The van der Waals surface area contributed by atoms with E-state index in [0.717, 1.165) is 34.1 Å². The van der Waals surface area contributed by atoms with Crippen LogP contribution in [-0.4, -0.2) is 11.4 Å². The molecule has 2 aromatic carbocycles. The number of hydrogen-bond donors (Lipinski definition) is 1. The number of amides is 1. The zero-order valence-corrected chi connectivity index (χ0v) is 14.5. The molecule has 2 nitrogen and oxygen atoms in total. The Labute approximate surface area is 147 Å². The maximum absolute atomic E-state index is 13.1. The Kier molecular flexibility index (Phi) is 3.22. The zero-order valence-electron chi connectivity index (χ0n) is 13.7. The van der Waals surface area contributed by atoms with Crippen LogP contribution in [-0.2, 0) is 0 Å². The average Bonchev–Trinajstić information content (AvgIpc) is 2.53. The van der Waals surface area contributed by atoms with Crippen molar-refractivity contribution in [2.24, 2.45) is 17.8 Å². The standard InChI is InChI=1S/C21H22ClNO/c22-19-6-2-3-16-17(19)4-1-5-18(16)20(24)23-21-10-13-7-14(11-21)9-15(8-13)12-21/h1-6,13-15H,7-12H2,(H,23,24). The molecule has 3 heteroatoms. The van der Waals surface area contributed by atoms with Crippen LogP contribution in [0, 0.1) is 17.8 Å². The molecule has 0 aromatic heterocycles. The van der Waals surface area contributed by atoms with Crippen LogP contribution in [0.2, 0.25) is 5.02 Å². The second kappa shape index (κ2) is 5.23. The Balaban J connectivity index is 1.49. The molecule has 1 amide bonds. The molecule has 0 radical (unpaired) electrons. The first kappa shape index (κ1) is 14.8. The van der Waals surface area contributed by atoms with Gasteiger partial charge >= 0.3 is 0 Å². The van der Waals surface area contributed by atoms with Gasteiger partial charge in [-0.15, -0.1) is 0 Å². The van der Waals surface area contributed by atoms with Crippen molar-refractivity contribution in [1.29, 1.82) is 0 Å². The molecule has 0 spiro atoms. The molecular weight excluding hydrogens is 318 g/mol. The van der Waals surface area contributed by atoms with Crippen molar-refractivity contribution in [2.45, 2.75) is 44.1 Å². The van der Waals surface area contributed by atoms with Crippen LogP contribution in [0.3, 0.4) is 0 Å². The lowest BCUT2D eigenvalue weighted by atomic mass is 9.53. The van der Waals surface area contributed by atoms with Gasteiger partial charge in [-0.1, -0.05) is 35.9 Å². The molecule has 0 unspecified atom stereocenters. The van der Waals surface area contributed by atoms with Crippen LogP contribution in [0.25, 0.3) is 10.8 Å². The topological polar surface area (TPSA) is 29.1 Å². The Bertz CT molecular complexity index is 792. The van der Waals surface area contributed by atoms with Crippen molar-refractivity contribution in [3.63, 3.8) is 0 Å². The number of benzene rings is 2. The molecule has 0 aliphatic heterocycles. The summed E-state index contributed by atoms with van der Waals surface area (Å²) in [7, 11) is 0. The van der Waals surface area contributed by atoms with Gasteiger partial charge in [0.1, 0.15) is 0 Å².